The monoisotopic (exact) mass is 454 g/mol. The molecule has 2 aromatic heterocycles. The van der Waals surface area contributed by atoms with Crippen molar-refractivity contribution in [1.82, 2.24) is 20.3 Å². The van der Waals surface area contributed by atoms with Gasteiger partial charge in [-0.05, 0) is 74.7 Å². The Morgan fingerprint density at radius 1 is 1.09 bits per heavy atom. The number of hydrogen-bond acceptors (Lipinski definition) is 5. The molecule has 3 heterocycles. The van der Waals surface area contributed by atoms with E-state index in [1.165, 1.54) is 5.56 Å². The number of pyridine rings is 1. The number of aromatic amines is 1. The molecule has 1 amide bonds. The number of imidazole rings is 1. The van der Waals surface area contributed by atoms with E-state index in [4.69, 9.17) is 4.98 Å². The van der Waals surface area contributed by atoms with Crippen molar-refractivity contribution in [2.45, 2.75) is 38.8 Å². The van der Waals surface area contributed by atoms with E-state index < -0.39 is 0 Å². The quantitative estimate of drug-likeness (QED) is 0.388. The number of nitrogens with one attached hydrogen (secondary N) is 3. The van der Waals surface area contributed by atoms with Crippen molar-refractivity contribution < 1.29 is 4.79 Å². The Labute approximate surface area is 199 Å². The van der Waals surface area contributed by atoms with Crippen LogP contribution in [0.5, 0.6) is 0 Å². The summed E-state index contributed by atoms with van der Waals surface area (Å²) in [6.07, 6.45) is 5.35. The maximum absolute atomic E-state index is 12.5. The van der Waals surface area contributed by atoms with Crippen LogP contribution >= 0.6 is 0 Å². The highest BCUT2D eigenvalue weighted by Crippen LogP contribution is 2.25. The first-order chi connectivity index (χ1) is 16.5. The predicted octanol–water partition coefficient (Wildman–Crippen LogP) is 4.84. The third kappa shape index (κ3) is 4.94. The van der Waals surface area contributed by atoms with E-state index in [0.29, 0.717) is 11.6 Å². The first-order valence-corrected chi connectivity index (χ1v) is 11.8. The number of carbonyl (C=O) groups is 1. The molecule has 1 saturated heterocycles. The number of amides is 1. The average molecular weight is 455 g/mol. The van der Waals surface area contributed by atoms with Gasteiger partial charge in [0.25, 0.3) is 5.91 Å². The first-order valence-electron chi connectivity index (χ1n) is 11.8. The number of nitrogens with zero attached hydrogens (tertiary/aromatic N) is 3. The molecule has 34 heavy (non-hydrogen) atoms. The number of carbonyl (C=O) groups excluding carboxylic acids is 1. The number of piperidine rings is 1. The molecular weight excluding hydrogens is 424 g/mol. The second-order valence-corrected chi connectivity index (χ2v) is 9.03. The van der Waals surface area contributed by atoms with Gasteiger partial charge in [-0.2, -0.15) is 0 Å². The third-order valence-corrected chi connectivity index (χ3v) is 6.46. The lowest BCUT2D eigenvalue weighted by Crippen LogP contribution is -2.43. The van der Waals surface area contributed by atoms with Gasteiger partial charge in [-0.3, -0.25) is 9.78 Å². The van der Waals surface area contributed by atoms with Gasteiger partial charge < -0.3 is 20.5 Å². The van der Waals surface area contributed by atoms with Crippen LogP contribution in [0.4, 0.5) is 11.4 Å². The van der Waals surface area contributed by atoms with E-state index in [1.807, 2.05) is 18.2 Å². The predicted molar refractivity (Wildman–Crippen MR) is 136 cm³/mol. The summed E-state index contributed by atoms with van der Waals surface area (Å²) in [7, 11) is 0. The average Bonchev–Trinajstić information content (AvgIpc) is 3.29. The van der Waals surface area contributed by atoms with Crippen LogP contribution in [0.3, 0.4) is 0 Å². The highest BCUT2D eigenvalue weighted by Gasteiger charge is 2.22. The summed E-state index contributed by atoms with van der Waals surface area (Å²) in [6, 6.07) is 18.4. The van der Waals surface area contributed by atoms with E-state index in [0.717, 1.165) is 54.2 Å². The zero-order valence-electron chi connectivity index (χ0n) is 19.6. The van der Waals surface area contributed by atoms with Crippen LogP contribution in [0.15, 0.2) is 67.0 Å². The highest BCUT2D eigenvalue weighted by molar-refractivity contribution is 6.04. The van der Waals surface area contributed by atoms with Crippen molar-refractivity contribution in [2.75, 3.05) is 23.3 Å². The van der Waals surface area contributed by atoms with Crippen LogP contribution in [0.1, 0.15) is 47.6 Å². The largest absolute Gasteiger partial charge is 0.371 e. The lowest BCUT2D eigenvalue weighted by molar-refractivity contribution is 0.102. The molecule has 7 heteroatoms. The smallest absolute Gasteiger partial charge is 0.255 e. The van der Waals surface area contributed by atoms with Crippen LogP contribution < -0.4 is 15.5 Å². The number of rotatable bonds is 6. The molecule has 4 aromatic rings. The van der Waals surface area contributed by atoms with Gasteiger partial charge in [0, 0.05) is 48.5 Å². The number of H-pyrrole nitrogens is 1. The second-order valence-electron chi connectivity index (χ2n) is 9.03. The molecule has 2 aromatic carbocycles. The highest BCUT2D eigenvalue weighted by atomic mass is 16.1. The van der Waals surface area contributed by atoms with Gasteiger partial charge in [0.2, 0.25) is 0 Å². The van der Waals surface area contributed by atoms with Crippen LogP contribution in [0.2, 0.25) is 0 Å². The molecule has 0 saturated carbocycles. The van der Waals surface area contributed by atoms with E-state index >= 15 is 0 Å². The molecular formula is C27H30N6O. The molecule has 1 aliphatic heterocycles. The van der Waals surface area contributed by atoms with Gasteiger partial charge in [0.15, 0.2) is 0 Å². The number of benzene rings is 2. The Balaban J connectivity index is 1.17. The standard InChI is InChI=1S/C27H30N6O/c1-18-6-7-24-25(16-18)32-26(31-24)19(2)29-21-10-14-33(15-11-21)23-5-3-4-22(17-23)30-27(34)20-8-12-28-13-9-20/h3-9,12-13,16-17,19,21,29H,10-11,14-15H2,1-2H3,(H,30,34)(H,31,32)/t19-/m1/s1. The summed E-state index contributed by atoms with van der Waals surface area (Å²) < 4.78 is 0. The van der Waals surface area contributed by atoms with E-state index in [2.05, 4.69) is 63.6 Å². The molecule has 1 atom stereocenters. The van der Waals surface area contributed by atoms with E-state index in [9.17, 15) is 4.79 Å². The summed E-state index contributed by atoms with van der Waals surface area (Å²) in [5, 5.41) is 6.74. The number of hydrogen-bond donors (Lipinski definition) is 3. The Kier molecular flexibility index (Phi) is 6.27. The first kappa shape index (κ1) is 22.1. The van der Waals surface area contributed by atoms with Gasteiger partial charge in [-0.25, -0.2) is 4.98 Å². The summed E-state index contributed by atoms with van der Waals surface area (Å²) in [4.78, 5) is 27.1. The summed E-state index contributed by atoms with van der Waals surface area (Å²) in [5.74, 6) is 0.859. The molecule has 0 radical (unpaired) electrons. The molecule has 1 fully saturated rings. The van der Waals surface area contributed by atoms with Crippen LogP contribution in [0.25, 0.3) is 11.0 Å². The fraction of sp³-hybridized carbons (Fsp3) is 0.296. The van der Waals surface area contributed by atoms with E-state index in [-0.39, 0.29) is 11.9 Å². The Hall–Kier alpha value is -3.71. The van der Waals surface area contributed by atoms with Gasteiger partial charge in [0.05, 0.1) is 17.1 Å². The molecule has 1 aliphatic rings. The van der Waals surface area contributed by atoms with Crippen molar-refractivity contribution in [3.8, 4) is 0 Å². The fourth-order valence-electron chi connectivity index (χ4n) is 4.57. The summed E-state index contributed by atoms with van der Waals surface area (Å²) in [6.45, 7) is 6.20. The summed E-state index contributed by atoms with van der Waals surface area (Å²) in [5.41, 5.74) is 5.87. The molecule has 0 spiro atoms. The number of aromatic nitrogens is 3. The van der Waals surface area contributed by atoms with Gasteiger partial charge in [-0.1, -0.05) is 12.1 Å². The van der Waals surface area contributed by atoms with Crippen LogP contribution in [0, 0.1) is 6.92 Å². The van der Waals surface area contributed by atoms with Crippen molar-refractivity contribution in [1.29, 1.82) is 0 Å². The number of fused-ring (bicyclic) bond motifs is 1. The third-order valence-electron chi connectivity index (χ3n) is 6.46. The second kappa shape index (κ2) is 9.65. The molecule has 5 rings (SSSR count). The van der Waals surface area contributed by atoms with Crippen LogP contribution in [-0.2, 0) is 0 Å². The lowest BCUT2D eigenvalue weighted by Gasteiger charge is -2.35. The van der Waals surface area contributed by atoms with Gasteiger partial charge in [0.1, 0.15) is 5.82 Å². The minimum atomic E-state index is -0.128. The Bertz CT molecular complexity index is 1280. The van der Waals surface area contributed by atoms with Crippen molar-refractivity contribution >= 4 is 28.3 Å². The minimum absolute atomic E-state index is 0.128. The topological polar surface area (TPSA) is 85.9 Å². The maximum atomic E-state index is 12.5. The van der Waals surface area contributed by atoms with Crippen LogP contribution in [-0.4, -0.2) is 40.0 Å². The Morgan fingerprint density at radius 2 is 1.88 bits per heavy atom. The number of anilines is 2. The van der Waals surface area contributed by atoms with Crippen molar-refractivity contribution in [3.63, 3.8) is 0 Å². The molecule has 0 aliphatic carbocycles. The molecule has 0 unspecified atom stereocenters. The number of aryl methyl sites for hydroxylation is 1. The molecule has 0 bridgehead atoms. The lowest BCUT2D eigenvalue weighted by atomic mass is 10.0. The molecule has 174 valence electrons. The SMILES string of the molecule is Cc1ccc2nc([C@@H](C)NC3CCN(c4cccc(NC(=O)c5ccncc5)c4)CC3)[nH]c2c1. The maximum Gasteiger partial charge on any atom is 0.255 e. The zero-order valence-corrected chi connectivity index (χ0v) is 19.6. The van der Waals surface area contributed by atoms with E-state index in [1.54, 1.807) is 24.5 Å². The molecule has 3 N–H and O–H groups in total. The zero-order chi connectivity index (χ0) is 23.5. The normalized spacial score (nSPS) is 15.4. The molecule has 7 nitrogen and oxygen atoms in total. The summed E-state index contributed by atoms with van der Waals surface area (Å²) >= 11 is 0. The van der Waals surface area contributed by atoms with Crippen molar-refractivity contribution in [3.05, 3.63) is 83.9 Å². The fourth-order valence-corrected chi connectivity index (χ4v) is 4.57. The Morgan fingerprint density at radius 3 is 2.68 bits per heavy atom. The van der Waals surface area contributed by atoms with Gasteiger partial charge >= 0.3 is 0 Å². The van der Waals surface area contributed by atoms with Gasteiger partial charge in [-0.15, -0.1) is 0 Å². The minimum Gasteiger partial charge on any atom is -0.371 e. The van der Waals surface area contributed by atoms with Crippen molar-refractivity contribution in [2.24, 2.45) is 0 Å².